The summed E-state index contributed by atoms with van der Waals surface area (Å²) < 4.78 is 49.5. The van der Waals surface area contributed by atoms with E-state index in [1.54, 1.807) is 24.4 Å². The average molecular weight is 527 g/mol. The molecule has 193 valence electrons. The largest absolute Gasteiger partial charge is 0.493 e. The van der Waals surface area contributed by atoms with Crippen LogP contribution in [-0.2, 0) is 5.54 Å². The fourth-order valence-corrected chi connectivity index (χ4v) is 5.29. The van der Waals surface area contributed by atoms with Crippen molar-refractivity contribution in [2.24, 2.45) is 0 Å². The summed E-state index contributed by atoms with van der Waals surface area (Å²) in [5.41, 5.74) is 1.56. The lowest BCUT2D eigenvalue weighted by Crippen LogP contribution is -2.53. The van der Waals surface area contributed by atoms with Crippen molar-refractivity contribution < 1.29 is 27.4 Å². The maximum Gasteiger partial charge on any atom is 0.422 e. The quantitative estimate of drug-likeness (QED) is 0.439. The molecule has 0 spiro atoms. The molecular weight excluding hydrogens is 499 g/mol. The number of benzene rings is 2. The smallest absolute Gasteiger partial charge is 0.422 e. The van der Waals surface area contributed by atoms with Gasteiger partial charge in [-0.3, -0.25) is 9.78 Å². The molecule has 1 aliphatic heterocycles. The third-order valence-electron chi connectivity index (χ3n) is 7.13. The number of likely N-dealkylation sites (tertiary alicyclic amines) is 1. The molecule has 10 heteroatoms. The van der Waals surface area contributed by atoms with Gasteiger partial charge >= 0.3 is 6.18 Å². The first-order valence-corrected chi connectivity index (χ1v) is 12.7. The Hall–Kier alpha value is -3.11. The second kappa shape index (κ2) is 9.64. The molecule has 2 heterocycles. The summed E-state index contributed by atoms with van der Waals surface area (Å²) in [6.07, 6.45) is -0.556. The zero-order valence-electron chi connectivity index (χ0n) is 20.6. The van der Waals surface area contributed by atoms with E-state index in [9.17, 15) is 18.0 Å². The molecule has 1 aliphatic carbocycles. The molecule has 1 amide bonds. The van der Waals surface area contributed by atoms with E-state index in [-0.39, 0.29) is 23.4 Å². The van der Waals surface area contributed by atoms with Crippen molar-refractivity contribution in [2.75, 3.05) is 20.2 Å². The Morgan fingerprint density at radius 1 is 1.24 bits per heavy atom. The number of fused-ring (bicyclic) bond motifs is 1. The highest BCUT2D eigenvalue weighted by Crippen LogP contribution is 2.49. The van der Waals surface area contributed by atoms with Crippen molar-refractivity contribution in [2.45, 2.75) is 49.7 Å². The zero-order chi connectivity index (χ0) is 26.4. The molecule has 2 atom stereocenters. The van der Waals surface area contributed by atoms with E-state index in [0.29, 0.717) is 35.2 Å². The summed E-state index contributed by atoms with van der Waals surface area (Å²) >= 11 is 0. The summed E-state index contributed by atoms with van der Waals surface area (Å²) in [4.78, 5) is 20.0. The summed E-state index contributed by atoms with van der Waals surface area (Å²) in [5, 5.41) is 3.91. The summed E-state index contributed by atoms with van der Waals surface area (Å²) in [6, 6.07) is 12.4. The van der Waals surface area contributed by atoms with Crippen molar-refractivity contribution in [1.82, 2.24) is 15.2 Å². The second-order valence-electron chi connectivity index (χ2n) is 9.83. The number of hydrogen-bond acceptors (Lipinski definition) is 5. The lowest BCUT2D eigenvalue weighted by molar-refractivity contribution is -0.153. The average Bonchev–Trinajstić information content (AvgIpc) is 3.62. The zero-order valence-corrected chi connectivity index (χ0v) is 21.6. The van der Waals surface area contributed by atoms with Crippen molar-refractivity contribution in [3.8, 4) is 11.5 Å². The number of aromatic nitrogens is 1. The number of nitrogens with one attached hydrogen (secondary N) is 1. The molecule has 1 unspecified atom stereocenters. The number of alkyl halides is 3. The van der Waals surface area contributed by atoms with Crippen LogP contribution in [0.3, 0.4) is 0 Å². The first-order valence-electron chi connectivity index (χ1n) is 12.1. The Morgan fingerprint density at radius 3 is 2.68 bits per heavy atom. The number of nitrogens with zero attached hydrogens (tertiary/aromatic N) is 2. The SMILES string of the molecule is Cc1ccc(OC([Si])[C@@H]2CCN2C)cc1C(=O)NC1(c2cc(OCC(F)(F)F)cc3ncccc23)CC1. The van der Waals surface area contributed by atoms with Crippen LogP contribution in [0.25, 0.3) is 10.9 Å². The van der Waals surface area contributed by atoms with E-state index in [1.165, 1.54) is 6.07 Å². The molecule has 0 bridgehead atoms. The van der Waals surface area contributed by atoms with Crippen LogP contribution in [0.5, 0.6) is 11.5 Å². The molecule has 1 saturated heterocycles. The molecular formula is C27H27F3N3O3Si. The first kappa shape index (κ1) is 25.5. The van der Waals surface area contributed by atoms with Gasteiger partial charge < -0.3 is 19.7 Å². The molecule has 3 radical (unpaired) electrons. The minimum atomic E-state index is -4.46. The lowest BCUT2D eigenvalue weighted by Gasteiger charge is -2.41. The van der Waals surface area contributed by atoms with Crippen LogP contribution in [0.4, 0.5) is 13.2 Å². The highest BCUT2D eigenvalue weighted by molar-refractivity contribution is 6.11. The number of pyridine rings is 1. The topological polar surface area (TPSA) is 63.7 Å². The summed E-state index contributed by atoms with van der Waals surface area (Å²) in [5.74, 6) is 0.373. The van der Waals surface area contributed by atoms with Crippen LogP contribution in [0.2, 0.25) is 0 Å². The standard InChI is InChI=1S/C27H27F3N3O3Si/c1-16-5-6-17(36-25(37)23-7-11-33(23)2)12-20(16)24(34)32-26(8-9-26)21-13-18(35-15-27(28,29)30)14-22-19(21)4-3-10-31-22/h3-6,10,12-14,23,25H,7-9,11,15H2,1-2H3,(H,32,34)/t23-,25?/m0/s1. The maximum atomic E-state index is 13.5. The van der Waals surface area contributed by atoms with Gasteiger partial charge in [-0.15, -0.1) is 0 Å². The monoisotopic (exact) mass is 526 g/mol. The molecule has 2 aliphatic rings. The lowest BCUT2D eigenvalue weighted by atomic mass is 9.97. The number of carbonyl (C=O) groups is 1. The maximum absolute atomic E-state index is 13.5. The van der Waals surface area contributed by atoms with Gasteiger partial charge in [0.05, 0.1) is 27.0 Å². The van der Waals surface area contributed by atoms with Crippen LogP contribution in [0.1, 0.15) is 40.7 Å². The van der Waals surface area contributed by atoms with Crippen LogP contribution in [0.15, 0.2) is 48.7 Å². The Morgan fingerprint density at radius 2 is 2.03 bits per heavy atom. The summed E-state index contributed by atoms with van der Waals surface area (Å²) in [7, 11) is 5.70. The van der Waals surface area contributed by atoms with Crippen molar-refractivity contribution >= 4 is 27.1 Å². The Balaban J connectivity index is 1.40. The van der Waals surface area contributed by atoms with E-state index < -0.39 is 18.3 Å². The van der Waals surface area contributed by atoms with Gasteiger partial charge in [0, 0.05) is 29.3 Å². The number of aryl methyl sites for hydroxylation is 1. The fraction of sp³-hybridized carbons (Fsp3) is 0.407. The fourth-order valence-electron chi connectivity index (χ4n) is 4.74. The molecule has 1 aromatic heterocycles. The van der Waals surface area contributed by atoms with Gasteiger partial charge in [-0.1, -0.05) is 12.1 Å². The van der Waals surface area contributed by atoms with Crippen LogP contribution in [0, 0.1) is 6.92 Å². The first-order chi connectivity index (χ1) is 17.5. The molecule has 5 rings (SSSR count). The molecule has 6 nitrogen and oxygen atoms in total. The molecule has 3 aromatic rings. The molecule has 1 N–H and O–H groups in total. The number of ether oxygens (including phenoxy) is 2. The number of amides is 1. The molecule has 37 heavy (non-hydrogen) atoms. The van der Waals surface area contributed by atoms with Gasteiger partial charge in [0.15, 0.2) is 6.61 Å². The highest BCUT2D eigenvalue weighted by atomic mass is 28.1. The molecule has 2 aromatic carbocycles. The number of likely N-dealkylation sites (N-methyl/N-ethyl adjacent to an activating group) is 1. The van der Waals surface area contributed by atoms with E-state index in [0.717, 1.165) is 23.9 Å². The van der Waals surface area contributed by atoms with E-state index in [4.69, 9.17) is 9.47 Å². The van der Waals surface area contributed by atoms with Gasteiger partial charge in [0.1, 0.15) is 11.5 Å². The highest BCUT2D eigenvalue weighted by Gasteiger charge is 2.47. The number of halogens is 3. The van der Waals surface area contributed by atoms with E-state index >= 15 is 0 Å². The van der Waals surface area contributed by atoms with Crippen molar-refractivity contribution in [1.29, 1.82) is 0 Å². The predicted molar refractivity (Wildman–Crippen MR) is 134 cm³/mol. The number of carbonyl (C=O) groups excluding carboxylic acids is 1. The number of hydrogen-bond donors (Lipinski definition) is 1. The number of rotatable bonds is 8. The Kier molecular flexibility index (Phi) is 6.65. The van der Waals surface area contributed by atoms with Gasteiger partial charge in [-0.2, -0.15) is 13.2 Å². The van der Waals surface area contributed by atoms with Crippen LogP contribution in [-0.4, -0.2) is 64.2 Å². The third-order valence-corrected chi connectivity index (χ3v) is 7.63. The molecule has 1 saturated carbocycles. The Bertz CT molecular complexity index is 1330. The minimum absolute atomic E-state index is 0.0646. The van der Waals surface area contributed by atoms with E-state index in [1.807, 2.05) is 32.2 Å². The van der Waals surface area contributed by atoms with E-state index in [2.05, 4.69) is 25.4 Å². The second-order valence-corrected chi connectivity index (χ2v) is 10.4. The third kappa shape index (κ3) is 5.45. The predicted octanol–water partition coefficient (Wildman–Crippen LogP) is 4.48. The Labute approximate surface area is 216 Å². The van der Waals surface area contributed by atoms with Crippen LogP contribution < -0.4 is 14.8 Å². The van der Waals surface area contributed by atoms with Gasteiger partial charge in [0.25, 0.3) is 5.91 Å². The van der Waals surface area contributed by atoms with Crippen molar-refractivity contribution in [3.05, 3.63) is 65.4 Å². The minimum Gasteiger partial charge on any atom is -0.493 e. The van der Waals surface area contributed by atoms with Gasteiger partial charge in [0.2, 0.25) is 0 Å². The normalized spacial score (nSPS) is 19.7. The van der Waals surface area contributed by atoms with Crippen molar-refractivity contribution in [3.63, 3.8) is 0 Å². The van der Waals surface area contributed by atoms with Gasteiger partial charge in [-0.05, 0) is 75.2 Å². The van der Waals surface area contributed by atoms with Crippen LogP contribution >= 0.6 is 0 Å². The van der Waals surface area contributed by atoms with Gasteiger partial charge in [-0.25, -0.2) is 0 Å². The molecule has 2 fully saturated rings. The summed E-state index contributed by atoms with van der Waals surface area (Å²) in [6.45, 7) is 1.47.